The summed E-state index contributed by atoms with van der Waals surface area (Å²) in [6.07, 6.45) is 1.62. The number of anilines is 2. The Bertz CT molecular complexity index is 1070. The summed E-state index contributed by atoms with van der Waals surface area (Å²) >= 11 is 1.33. The fraction of sp³-hybridized carbons (Fsp3) is 0.150. The van der Waals surface area contributed by atoms with E-state index in [1.165, 1.54) is 23.5 Å². The van der Waals surface area contributed by atoms with Gasteiger partial charge in [-0.2, -0.15) is 5.10 Å². The van der Waals surface area contributed by atoms with E-state index in [1.54, 1.807) is 35.6 Å². The molecule has 3 aromatic rings. The molecule has 1 aromatic heterocycles. The van der Waals surface area contributed by atoms with Crippen LogP contribution in [-0.2, 0) is 4.79 Å². The van der Waals surface area contributed by atoms with Crippen molar-refractivity contribution in [2.24, 2.45) is 11.0 Å². The standard InChI is InChI=1S/C20H17N5O3S/c1-13-17(19(26)22-20-21-10-11-29-20)18(14-6-5-9-16(12-14)25(27)28)24(23-13)15-7-3-2-4-8-15/h2-12,17-18H,1H3,(H,21,22,26)/t17-,18-/m1/s1. The van der Waals surface area contributed by atoms with Crippen LogP contribution in [0.15, 0.2) is 71.3 Å². The van der Waals surface area contributed by atoms with Gasteiger partial charge in [0.25, 0.3) is 5.69 Å². The first kappa shape index (κ1) is 18.8. The second kappa shape index (κ2) is 7.80. The maximum atomic E-state index is 13.1. The summed E-state index contributed by atoms with van der Waals surface area (Å²) < 4.78 is 0. The molecule has 0 saturated carbocycles. The van der Waals surface area contributed by atoms with Crippen molar-refractivity contribution in [2.75, 3.05) is 10.3 Å². The molecule has 0 fully saturated rings. The van der Waals surface area contributed by atoms with Gasteiger partial charge in [0.1, 0.15) is 5.92 Å². The van der Waals surface area contributed by atoms with Gasteiger partial charge in [0.05, 0.1) is 22.4 Å². The topological polar surface area (TPSA) is 101 Å². The SMILES string of the molecule is CC1=NN(c2ccccc2)[C@H](c2cccc([N+](=O)[O-])c2)[C@@H]1C(=O)Nc1nccs1. The fourth-order valence-corrected chi connectivity index (χ4v) is 3.95. The number of carbonyl (C=O) groups is 1. The van der Waals surface area contributed by atoms with Crippen molar-refractivity contribution < 1.29 is 9.72 Å². The number of hydrazone groups is 1. The number of hydrogen-bond donors (Lipinski definition) is 1. The summed E-state index contributed by atoms with van der Waals surface area (Å²) in [5, 5.41) is 22.8. The Hall–Kier alpha value is -3.59. The second-order valence-corrected chi connectivity index (χ2v) is 7.42. The Morgan fingerprint density at radius 2 is 2.00 bits per heavy atom. The van der Waals surface area contributed by atoms with Gasteiger partial charge in [0.2, 0.25) is 5.91 Å². The van der Waals surface area contributed by atoms with E-state index in [-0.39, 0.29) is 11.6 Å². The molecule has 0 spiro atoms. The summed E-state index contributed by atoms with van der Waals surface area (Å²) in [6.45, 7) is 1.79. The Labute approximate surface area is 170 Å². The molecule has 0 unspecified atom stereocenters. The average Bonchev–Trinajstić information content (AvgIpc) is 3.36. The molecule has 2 aromatic carbocycles. The van der Waals surface area contributed by atoms with E-state index < -0.39 is 16.9 Å². The molecular weight excluding hydrogens is 390 g/mol. The molecule has 8 nitrogen and oxygen atoms in total. The molecule has 146 valence electrons. The Morgan fingerprint density at radius 1 is 1.21 bits per heavy atom. The van der Waals surface area contributed by atoms with Crippen molar-refractivity contribution in [3.63, 3.8) is 0 Å². The normalized spacial score (nSPS) is 18.4. The van der Waals surface area contributed by atoms with E-state index in [2.05, 4.69) is 15.4 Å². The molecule has 0 bridgehead atoms. The van der Waals surface area contributed by atoms with Crippen LogP contribution in [0.2, 0.25) is 0 Å². The molecule has 29 heavy (non-hydrogen) atoms. The third kappa shape index (κ3) is 3.72. The first-order valence-electron chi connectivity index (χ1n) is 8.88. The van der Waals surface area contributed by atoms with Crippen LogP contribution in [0.1, 0.15) is 18.5 Å². The maximum Gasteiger partial charge on any atom is 0.269 e. The van der Waals surface area contributed by atoms with E-state index in [9.17, 15) is 14.9 Å². The van der Waals surface area contributed by atoms with E-state index in [0.29, 0.717) is 16.4 Å². The Morgan fingerprint density at radius 3 is 2.69 bits per heavy atom. The lowest BCUT2D eigenvalue weighted by Crippen LogP contribution is -2.34. The van der Waals surface area contributed by atoms with Crippen LogP contribution in [0.3, 0.4) is 0 Å². The number of amides is 1. The quantitative estimate of drug-likeness (QED) is 0.503. The highest BCUT2D eigenvalue weighted by Crippen LogP contribution is 2.40. The van der Waals surface area contributed by atoms with Crippen LogP contribution in [0.4, 0.5) is 16.5 Å². The number of carbonyl (C=O) groups excluding carboxylic acids is 1. The van der Waals surface area contributed by atoms with E-state index in [0.717, 1.165) is 5.69 Å². The molecule has 4 rings (SSSR count). The van der Waals surface area contributed by atoms with E-state index in [4.69, 9.17) is 0 Å². The summed E-state index contributed by atoms with van der Waals surface area (Å²) in [5.41, 5.74) is 2.04. The van der Waals surface area contributed by atoms with Gasteiger partial charge in [-0.3, -0.25) is 19.9 Å². The molecule has 9 heteroatoms. The van der Waals surface area contributed by atoms with Crippen molar-refractivity contribution in [1.82, 2.24) is 4.98 Å². The number of hydrogen-bond acceptors (Lipinski definition) is 7. The van der Waals surface area contributed by atoms with Crippen LogP contribution < -0.4 is 10.3 Å². The highest BCUT2D eigenvalue weighted by atomic mass is 32.1. The lowest BCUT2D eigenvalue weighted by molar-refractivity contribution is -0.384. The number of nitro groups is 1. The number of para-hydroxylation sites is 1. The number of nitrogens with one attached hydrogen (secondary N) is 1. The minimum Gasteiger partial charge on any atom is -0.301 e. The van der Waals surface area contributed by atoms with Gasteiger partial charge in [-0.15, -0.1) is 11.3 Å². The van der Waals surface area contributed by atoms with Crippen LogP contribution in [0, 0.1) is 16.0 Å². The molecule has 0 aliphatic carbocycles. The fourth-order valence-electron chi connectivity index (χ4n) is 3.42. The Kier molecular flexibility index (Phi) is 5.05. The van der Waals surface area contributed by atoms with Crippen LogP contribution in [0.5, 0.6) is 0 Å². The summed E-state index contributed by atoms with van der Waals surface area (Å²) in [5.74, 6) is -0.878. The molecule has 2 atom stereocenters. The van der Waals surface area contributed by atoms with Crippen LogP contribution in [-0.4, -0.2) is 21.5 Å². The first-order chi connectivity index (χ1) is 14.0. The monoisotopic (exact) mass is 407 g/mol. The number of nitro benzene ring substituents is 1. The number of benzene rings is 2. The predicted octanol–water partition coefficient (Wildman–Crippen LogP) is 4.24. The van der Waals surface area contributed by atoms with Gasteiger partial charge >= 0.3 is 0 Å². The van der Waals surface area contributed by atoms with Crippen LogP contribution in [0.25, 0.3) is 0 Å². The number of aromatic nitrogens is 1. The third-order valence-corrected chi connectivity index (χ3v) is 5.37. The summed E-state index contributed by atoms with van der Waals surface area (Å²) in [7, 11) is 0. The lowest BCUT2D eigenvalue weighted by Gasteiger charge is -2.27. The summed E-state index contributed by atoms with van der Waals surface area (Å²) in [4.78, 5) is 28.1. The molecular formula is C20H17N5O3S. The van der Waals surface area contributed by atoms with Crippen LogP contribution >= 0.6 is 11.3 Å². The van der Waals surface area contributed by atoms with Crippen molar-refractivity contribution >= 4 is 39.5 Å². The number of thiazole rings is 1. The minimum absolute atomic E-state index is 0.0286. The first-order valence-corrected chi connectivity index (χ1v) is 9.76. The summed E-state index contributed by atoms with van der Waals surface area (Å²) in [6, 6.07) is 15.3. The Balaban J connectivity index is 1.76. The van der Waals surface area contributed by atoms with E-state index >= 15 is 0 Å². The predicted molar refractivity (Wildman–Crippen MR) is 112 cm³/mol. The van der Waals surface area contributed by atoms with Gasteiger partial charge < -0.3 is 5.32 Å². The molecule has 0 radical (unpaired) electrons. The zero-order chi connectivity index (χ0) is 20.4. The molecule has 0 saturated heterocycles. The number of non-ortho nitro benzene ring substituents is 1. The number of nitrogens with zero attached hydrogens (tertiary/aromatic N) is 4. The third-order valence-electron chi connectivity index (χ3n) is 4.68. The molecule has 1 N–H and O–H groups in total. The van der Waals surface area contributed by atoms with E-state index in [1.807, 2.05) is 30.3 Å². The smallest absolute Gasteiger partial charge is 0.269 e. The molecule has 1 aliphatic heterocycles. The highest BCUT2D eigenvalue weighted by molar-refractivity contribution is 7.13. The van der Waals surface area contributed by atoms with Crippen molar-refractivity contribution in [2.45, 2.75) is 13.0 Å². The van der Waals surface area contributed by atoms with Crippen molar-refractivity contribution in [1.29, 1.82) is 0 Å². The molecule has 2 heterocycles. The molecule has 1 amide bonds. The molecule has 1 aliphatic rings. The van der Waals surface area contributed by atoms with Gasteiger partial charge in [-0.05, 0) is 24.6 Å². The zero-order valence-corrected chi connectivity index (χ0v) is 16.2. The minimum atomic E-state index is -0.624. The van der Waals surface area contributed by atoms with Crippen molar-refractivity contribution in [3.8, 4) is 0 Å². The van der Waals surface area contributed by atoms with Gasteiger partial charge in [0, 0.05) is 23.7 Å². The maximum absolute atomic E-state index is 13.1. The van der Waals surface area contributed by atoms with Crippen molar-refractivity contribution in [3.05, 3.63) is 81.9 Å². The van der Waals surface area contributed by atoms with Gasteiger partial charge in [-0.25, -0.2) is 4.98 Å². The zero-order valence-electron chi connectivity index (χ0n) is 15.4. The lowest BCUT2D eigenvalue weighted by atomic mass is 9.89. The van der Waals surface area contributed by atoms with Gasteiger partial charge in [-0.1, -0.05) is 30.3 Å². The highest BCUT2D eigenvalue weighted by Gasteiger charge is 2.42. The number of rotatable bonds is 5. The van der Waals surface area contributed by atoms with Gasteiger partial charge in [0.15, 0.2) is 5.13 Å². The second-order valence-electron chi connectivity index (χ2n) is 6.52. The average molecular weight is 407 g/mol. The largest absolute Gasteiger partial charge is 0.301 e.